The van der Waals surface area contributed by atoms with E-state index in [2.05, 4.69) is 61.8 Å². The van der Waals surface area contributed by atoms with Gasteiger partial charge in [0.15, 0.2) is 0 Å². The van der Waals surface area contributed by atoms with Gasteiger partial charge in [0.1, 0.15) is 0 Å². The van der Waals surface area contributed by atoms with Crippen LogP contribution in [0.5, 0.6) is 0 Å². The predicted octanol–water partition coefficient (Wildman–Crippen LogP) is 4.18. The van der Waals surface area contributed by atoms with Crippen molar-refractivity contribution < 1.29 is 0 Å². The Bertz CT molecular complexity index is 464. The van der Waals surface area contributed by atoms with Crippen LogP contribution < -0.4 is 4.90 Å². The Morgan fingerprint density at radius 3 is 2.25 bits per heavy atom. The molecular weight excluding hydrogens is 244 g/mol. The van der Waals surface area contributed by atoms with Crippen LogP contribution >= 0.6 is 0 Å². The van der Waals surface area contributed by atoms with Crippen molar-refractivity contribution in [1.29, 1.82) is 0 Å². The maximum atomic E-state index is 2.78. The van der Waals surface area contributed by atoms with E-state index < -0.39 is 0 Å². The number of para-hydroxylation sites is 1. The maximum absolute atomic E-state index is 2.78. The normalized spacial score (nSPS) is 32.2. The Morgan fingerprint density at radius 2 is 1.60 bits per heavy atom. The molecule has 2 fully saturated rings. The number of nitrogens with zero attached hydrogens (tertiary/aromatic N) is 2. The van der Waals surface area contributed by atoms with Gasteiger partial charge in [-0.3, -0.25) is 4.90 Å². The molecule has 0 bridgehead atoms. The highest BCUT2D eigenvalue weighted by atomic mass is 15.5. The number of hydrogen-bond donors (Lipinski definition) is 0. The van der Waals surface area contributed by atoms with E-state index in [1.807, 2.05) is 0 Å². The van der Waals surface area contributed by atoms with Crippen molar-refractivity contribution >= 4 is 5.69 Å². The molecule has 1 heterocycles. The Balaban J connectivity index is 1.91. The zero-order chi connectivity index (χ0) is 14.3. The fourth-order valence-electron chi connectivity index (χ4n) is 4.42. The lowest BCUT2D eigenvalue weighted by Gasteiger charge is -2.34. The molecule has 0 spiro atoms. The van der Waals surface area contributed by atoms with Crippen molar-refractivity contribution in [2.75, 3.05) is 4.90 Å². The van der Waals surface area contributed by atoms with Crippen LogP contribution in [-0.2, 0) is 0 Å². The summed E-state index contributed by atoms with van der Waals surface area (Å²) >= 11 is 0. The smallest absolute Gasteiger partial charge is 0.0801 e. The number of aryl methyl sites for hydroxylation is 1. The first-order valence-electron chi connectivity index (χ1n) is 8.22. The van der Waals surface area contributed by atoms with E-state index in [1.54, 1.807) is 0 Å². The second-order valence-corrected chi connectivity index (χ2v) is 6.69. The van der Waals surface area contributed by atoms with E-state index >= 15 is 0 Å². The average Bonchev–Trinajstić information content (AvgIpc) is 3.01. The number of rotatable bonds is 2. The molecule has 0 amide bonds. The third-order valence-corrected chi connectivity index (χ3v) is 5.58. The van der Waals surface area contributed by atoms with Gasteiger partial charge in [0, 0.05) is 23.8 Å². The van der Waals surface area contributed by atoms with Crippen LogP contribution in [0.2, 0.25) is 0 Å². The third-order valence-electron chi connectivity index (χ3n) is 5.58. The first-order valence-corrected chi connectivity index (χ1v) is 8.22. The van der Waals surface area contributed by atoms with Crippen LogP contribution in [0.4, 0.5) is 5.69 Å². The largest absolute Gasteiger partial charge is 0.352 e. The molecule has 1 saturated heterocycles. The van der Waals surface area contributed by atoms with E-state index in [4.69, 9.17) is 0 Å². The van der Waals surface area contributed by atoms with Gasteiger partial charge in [-0.2, -0.15) is 0 Å². The number of benzene rings is 1. The molecule has 3 atom stereocenters. The Hall–Kier alpha value is -1.02. The van der Waals surface area contributed by atoms with Gasteiger partial charge >= 0.3 is 0 Å². The molecular formula is C18H28N2. The summed E-state index contributed by atoms with van der Waals surface area (Å²) in [6.45, 7) is 9.43. The van der Waals surface area contributed by atoms with Gasteiger partial charge in [0.25, 0.3) is 0 Å². The minimum Gasteiger partial charge on any atom is -0.352 e. The van der Waals surface area contributed by atoms with E-state index in [-0.39, 0.29) is 0 Å². The van der Waals surface area contributed by atoms with E-state index in [0.29, 0.717) is 18.2 Å². The molecule has 1 aromatic rings. The lowest BCUT2D eigenvalue weighted by Crippen LogP contribution is -2.43. The lowest BCUT2D eigenvalue weighted by atomic mass is 10.1. The maximum Gasteiger partial charge on any atom is 0.0801 e. The highest BCUT2D eigenvalue weighted by molar-refractivity contribution is 5.55. The Morgan fingerprint density at radius 1 is 0.950 bits per heavy atom. The molecule has 2 unspecified atom stereocenters. The van der Waals surface area contributed by atoms with Crippen LogP contribution in [0.3, 0.4) is 0 Å². The lowest BCUT2D eigenvalue weighted by molar-refractivity contribution is 0.145. The molecule has 1 saturated carbocycles. The molecule has 1 aliphatic heterocycles. The molecule has 1 aliphatic carbocycles. The summed E-state index contributed by atoms with van der Waals surface area (Å²) < 4.78 is 0. The van der Waals surface area contributed by atoms with Crippen LogP contribution in [0, 0.1) is 6.92 Å². The summed E-state index contributed by atoms with van der Waals surface area (Å²) in [5.41, 5.74) is 2.81. The fraction of sp³-hybridized carbons (Fsp3) is 0.667. The van der Waals surface area contributed by atoms with Gasteiger partial charge in [-0.25, -0.2) is 0 Å². The van der Waals surface area contributed by atoms with E-state index in [1.165, 1.54) is 36.9 Å². The van der Waals surface area contributed by atoms with Gasteiger partial charge in [-0.1, -0.05) is 31.0 Å². The highest BCUT2D eigenvalue weighted by Gasteiger charge is 2.44. The summed E-state index contributed by atoms with van der Waals surface area (Å²) in [4.78, 5) is 5.42. The SMILES string of the molecule is Cc1ccccc1N1C(C)N(C2CCCC2)C(C)[C@@H]1C. The van der Waals surface area contributed by atoms with E-state index in [9.17, 15) is 0 Å². The summed E-state index contributed by atoms with van der Waals surface area (Å²) in [6.07, 6.45) is 6.13. The van der Waals surface area contributed by atoms with Crippen molar-refractivity contribution in [3.8, 4) is 0 Å². The first-order chi connectivity index (χ1) is 9.61. The summed E-state index contributed by atoms with van der Waals surface area (Å²) in [6, 6.07) is 10.9. The minimum atomic E-state index is 0.518. The summed E-state index contributed by atoms with van der Waals surface area (Å²) in [5, 5.41) is 0. The van der Waals surface area contributed by atoms with Crippen molar-refractivity contribution in [3.05, 3.63) is 29.8 Å². The van der Waals surface area contributed by atoms with Gasteiger partial charge in [-0.05, 0) is 52.2 Å². The number of anilines is 1. The van der Waals surface area contributed by atoms with Crippen LogP contribution in [0.25, 0.3) is 0 Å². The molecule has 3 rings (SSSR count). The molecule has 2 aliphatic rings. The molecule has 2 heteroatoms. The standard InChI is InChI=1S/C18H28N2/c1-13-9-5-8-12-18(13)20-15(3)14(2)19(16(20)4)17-10-6-7-11-17/h5,8-9,12,14-17H,6-7,10-11H2,1-4H3/t14?,15-,16?/m0/s1. The molecule has 2 nitrogen and oxygen atoms in total. The van der Waals surface area contributed by atoms with Crippen LogP contribution in [0.15, 0.2) is 24.3 Å². The first kappa shape index (κ1) is 13.9. The van der Waals surface area contributed by atoms with Gasteiger partial charge < -0.3 is 4.90 Å². The summed E-state index contributed by atoms with van der Waals surface area (Å²) in [7, 11) is 0. The molecule has 0 radical (unpaired) electrons. The second-order valence-electron chi connectivity index (χ2n) is 6.69. The molecule has 20 heavy (non-hydrogen) atoms. The van der Waals surface area contributed by atoms with E-state index in [0.717, 1.165) is 6.04 Å². The second kappa shape index (κ2) is 5.40. The van der Waals surface area contributed by atoms with Gasteiger partial charge in [-0.15, -0.1) is 0 Å². The van der Waals surface area contributed by atoms with Crippen molar-refractivity contribution in [1.82, 2.24) is 4.90 Å². The van der Waals surface area contributed by atoms with Crippen LogP contribution in [0.1, 0.15) is 52.0 Å². The Labute approximate surface area is 123 Å². The monoisotopic (exact) mass is 272 g/mol. The molecule has 110 valence electrons. The van der Waals surface area contributed by atoms with Gasteiger partial charge in [0.05, 0.1) is 6.17 Å². The zero-order valence-corrected chi connectivity index (χ0v) is 13.3. The fourth-order valence-corrected chi connectivity index (χ4v) is 4.42. The zero-order valence-electron chi connectivity index (χ0n) is 13.3. The van der Waals surface area contributed by atoms with Crippen LogP contribution in [-0.4, -0.2) is 29.2 Å². The molecule has 1 aromatic carbocycles. The van der Waals surface area contributed by atoms with Crippen molar-refractivity contribution in [3.63, 3.8) is 0 Å². The minimum absolute atomic E-state index is 0.518. The quantitative estimate of drug-likeness (QED) is 0.797. The van der Waals surface area contributed by atoms with Gasteiger partial charge in [0.2, 0.25) is 0 Å². The highest BCUT2D eigenvalue weighted by Crippen LogP contribution is 2.38. The summed E-state index contributed by atoms with van der Waals surface area (Å²) in [5.74, 6) is 0. The average molecular weight is 272 g/mol. The third kappa shape index (κ3) is 2.14. The van der Waals surface area contributed by atoms with Crippen molar-refractivity contribution in [2.45, 2.75) is 77.7 Å². The molecule has 0 aromatic heterocycles. The predicted molar refractivity (Wildman–Crippen MR) is 86.1 cm³/mol. The topological polar surface area (TPSA) is 6.48 Å². The molecule has 0 N–H and O–H groups in total. The number of hydrogen-bond acceptors (Lipinski definition) is 2. The van der Waals surface area contributed by atoms with Crippen molar-refractivity contribution in [2.24, 2.45) is 0 Å². The Kier molecular flexibility index (Phi) is 3.76.